The van der Waals surface area contributed by atoms with Gasteiger partial charge in [0.25, 0.3) is 0 Å². The number of cyclic esters (lactones) is 1. The molecule has 0 saturated heterocycles. The molecule has 0 fully saturated rings. The molecule has 3 aromatic rings. The summed E-state index contributed by atoms with van der Waals surface area (Å²) < 4.78 is 7.93. The van der Waals surface area contributed by atoms with Crippen LogP contribution in [0.3, 0.4) is 0 Å². The first-order valence-electron chi connectivity index (χ1n) is 7.45. The number of para-hydroxylation sites is 1. The maximum atomic E-state index is 12.1. The van der Waals surface area contributed by atoms with Gasteiger partial charge >= 0.3 is 5.97 Å². The van der Waals surface area contributed by atoms with Crippen LogP contribution in [0.2, 0.25) is 0 Å². The van der Waals surface area contributed by atoms with Crippen LogP contribution in [-0.2, 0) is 11.3 Å². The molecule has 0 radical (unpaired) electrons. The highest BCUT2D eigenvalue weighted by Gasteiger charge is 2.35. The van der Waals surface area contributed by atoms with Gasteiger partial charge < -0.3 is 9.30 Å². The summed E-state index contributed by atoms with van der Waals surface area (Å²) in [5.74, 6) is -0.268. The molecule has 22 heavy (non-hydrogen) atoms. The van der Waals surface area contributed by atoms with Crippen molar-refractivity contribution in [3.05, 3.63) is 65.1 Å². The van der Waals surface area contributed by atoms with Gasteiger partial charge in [0, 0.05) is 46.7 Å². The van der Waals surface area contributed by atoms with E-state index in [1.54, 1.807) is 18.5 Å². The van der Waals surface area contributed by atoms with Crippen molar-refractivity contribution >= 4 is 16.9 Å². The van der Waals surface area contributed by atoms with Gasteiger partial charge in [-0.25, -0.2) is 4.79 Å². The number of aryl methyl sites for hydroxylation is 1. The van der Waals surface area contributed by atoms with Gasteiger partial charge in [-0.3, -0.25) is 4.98 Å². The Hall–Kier alpha value is -2.62. The Morgan fingerprint density at radius 3 is 2.91 bits per heavy atom. The third-order valence-electron chi connectivity index (χ3n) is 4.44. The van der Waals surface area contributed by atoms with Gasteiger partial charge in [0.2, 0.25) is 0 Å². The number of esters is 1. The lowest BCUT2D eigenvalue weighted by Crippen LogP contribution is -2.04. The van der Waals surface area contributed by atoms with Crippen molar-refractivity contribution in [2.75, 3.05) is 0 Å². The molecular formula is C18H16N2O2. The van der Waals surface area contributed by atoms with Crippen LogP contribution >= 0.6 is 0 Å². The van der Waals surface area contributed by atoms with Gasteiger partial charge in [-0.05, 0) is 26.0 Å². The van der Waals surface area contributed by atoms with Crippen LogP contribution in [0, 0.1) is 6.92 Å². The third kappa shape index (κ3) is 1.64. The standard InChI is InChI=1S/C18H16N2O2/c1-3-20-11(2)16(13-6-4-5-7-15(13)20)17-14-10-19-9-8-12(14)18(21)22-17/h4-10,17H,3H2,1-2H3. The number of ether oxygens (including phenoxy) is 1. The van der Waals surface area contributed by atoms with Crippen LogP contribution in [0.15, 0.2) is 42.7 Å². The summed E-state index contributed by atoms with van der Waals surface area (Å²) in [5.41, 5.74) is 4.85. The minimum absolute atomic E-state index is 0.268. The average molecular weight is 292 g/mol. The first-order chi connectivity index (χ1) is 10.7. The van der Waals surface area contributed by atoms with E-state index < -0.39 is 0 Å². The van der Waals surface area contributed by atoms with Crippen LogP contribution in [0.4, 0.5) is 0 Å². The molecule has 0 N–H and O–H groups in total. The summed E-state index contributed by atoms with van der Waals surface area (Å²) in [7, 11) is 0. The van der Waals surface area contributed by atoms with Gasteiger partial charge in [0.15, 0.2) is 6.10 Å². The van der Waals surface area contributed by atoms with E-state index in [-0.39, 0.29) is 12.1 Å². The molecule has 1 aliphatic heterocycles. The fourth-order valence-corrected chi connectivity index (χ4v) is 3.45. The first kappa shape index (κ1) is 13.1. The maximum absolute atomic E-state index is 12.1. The molecule has 0 aliphatic carbocycles. The second kappa shape index (κ2) is 4.70. The van der Waals surface area contributed by atoms with Crippen LogP contribution in [0.5, 0.6) is 0 Å². The average Bonchev–Trinajstić information content (AvgIpc) is 3.02. The van der Waals surface area contributed by atoms with E-state index >= 15 is 0 Å². The lowest BCUT2D eigenvalue weighted by Gasteiger charge is -2.12. The minimum Gasteiger partial charge on any atom is -0.449 e. The highest BCUT2D eigenvalue weighted by molar-refractivity contribution is 5.96. The Labute approximate surface area is 128 Å². The van der Waals surface area contributed by atoms with Crippen LogP contribution < -0.4 is 0 Å². The number of fused-ring (bicyclic) bond motifs is 2. The summed E-state index contributed by atoms with van der Waals surface area (Å²) in [4.78, 5) is 16.3. The second-order valence-electron chi connectivity index (χ2n) is 5.51. The molecule has 0 bridgehead atoms. The molecule has 0 spiro atoms. The van der Waals surface area contributed by atoms with Gasteiger partial charge in [0.05, 0.1) is 5.56 Å². The topological polar surface area (TPSA) is 44.1 Å². The van der Waals surface area contributed by atoms with E-state index in [2.05, 4.69) is 35.5 Å². The number of benzene rings is 1. The number of carbonyl (C=O) groups is 1. The number of rotatable bonds is 2. The zero-order chi connectivity index (χ0) is 15.3. The highest BCUT2D eigenvalue weighted by atomic mass is 16.5. The largest absolute Gasteiger partial charge is 0.449 e. The van der Waals surface area contributed by atoms with E-state index in [0.29, 0.717) is 5.56 Å². The molecule has 4 nitrogen and oxygen atoms in total. The second-order valence-corrected chi connectivity index (χ2v) is 5.51. The number of hydrogen-bond acceptors (Lipinski definition) is 3. The fourth-order valence-electron chi connectivity index (χ4n) is 3.45. The van der Waals surface area contributed by atoms with Crippen molar-refractivity contribution in [1.29, 1.82) is 0 Å². The number of aromatic nitrogens is 2. The van der Waals surface area contributed by atoms with E-state index in [0.717, 1.165) is 28.8 Å². The summed E-state index contributed by atoms with van der Waals surface area (Å²) in [5, 5.41) is 1.14. The zero-order valence-corrected chi connectivity index (χ0v) is 12.5. The molecule has 1 aromatic carbocycles. The van der Waals surface area contributed by atoms with Gasteiger partial charge in [-0.1, -0.05) is 18.2 Å². The Bertz CT molecular complexity index is 895. The quantitative estimate of drug-likeness (QED) is 0.678. The molecule has 0 saturated carbocycles. The van der Waals surface area contributed by atoms with Gasteiger partial charge in [-0.15, -0.1) is 0 Å². The number of carbonyl (C=O) groups excluding carboxylic acids is 1. The lowest BCUT2D eigenvalue weighted by atomic mass is 9.99. The van der Waals surface area contributed by atoms with E-state index in [1.807, 2.05) is 12.1 Å². The van der Waals surface area contributed by atoms with E-state index in [9.17, 15) is 4.79 Å². The molecular weight excluding hydrogens is 276 g/mol. The number of pyridine rings is 1. The molecule has 1 atom stereocenters. The van der Waals surface area contributed by atoms with Crippen molar-refractivity contribution in [3.63, 3.8) is 0 Å². The normalized spacial score (nSPS) is 16.8. The fraction of sp³-hybridized carbons (Fsp3) is 0.222. The Kier molecular flexibility index (Phi) is 2.79. The van der Waals surface area contributed by atoms with Crippen LogP contribution in [0.1, 0.15) is 40.2 Å². The maximum Gasteiger partial charge on any atom is 0.339 e. The van der Waals surface area contributed by atoms with Gasteiger partial charge in [-0.2, -0.15) is 0 Å². The number of nitrogens with zero attached hydrogens (tertiary/aromatic N) is 2. The van der Waals surface area contributed by atoms with Crippen molar-refractivity contribution in [3.8, 4) is 0 Å². The third-order valence-corrected chi connectivity index (χ3v) is 4.44. The van der Waals surface area contributed by atoms with Crippen LogP contribution in [0.25, 0.3) is 10.9 Å². The Morgan fingerprint density at radius 1 is 1.27 bits per heavy atom. The lowest BCUT2D eigenvalue weighted by molar-refractivity contribution is 0.0457. The molecule has 4 heteroatoms. The summed E-state index contributed by atoms with van der Waals surface area (Å²) >= 11 is 0. The smallest absolute Gasteiger partial charge is 0.339 e. The molecule has 1 unspecified atom stereocenters. The van der Waals surface area contributed by atoms with Crippen molar-refractivity contribution in [2.45, 2.75) is 26.5 Å². The molecule has 110 valence electrons. The Morgan fingerprint density at radius 2 is 2.09 bits per heavy atom. The molecule has 1 aliphatic rings. The summed E-state index contributed by atoms with van der Waals surface area (Å²) in [6, 6.07) is 9.98. The molecule has 3 heterocycles. The monoisotopic (exact) mass is 292 g/mol. The minimum atomic E-state index is -0.367. The van der Waals surface area contributed by atoms with E-state index in [1.165, 1.54) is 5.52 Å². The first-order valence-corrected chi connectivity index (χ1v) is 7.45. The number of hydrogen-bond donors (Lipinski definition) is 0. The van der Waals surface area contributed by atoms with Crippen LogP contribution in [-0.4, -0.2) is 15.5 Å². The highest BCUT2D eigenvalue weighted by Crippen LogP contribution is 2.41. The summed E-state index contributed by atoms with van der Waals surface area (Å²) in [6.07, 6.45) is 3.00. The molecule has 4 rings (SSSR count). The van der Waals surface area contributed by atoms with Crippen molar-refractivity contribution in [1.82, 2.24) is 9.55 Å². The van der Waals surface area contributed by atoms with Gasteiger partial charge in [0.1, 0.15) is 0 Å². The SMILES string of the molecule is CCn1c(C)c(C2OC(=O)c3ccncc32)c2ccccc21. The Balaban J connectivity index is 2.01. The summed E-state index contributed by atoms with van der Waals surface area (Å²) in [6.45, 7) is 5.09. The zero-order valence-electron chi connectivity index (χ0n) is 12.5. The van der Waals surface area contributed by atoms with Crippen molar-refractivity contribution in [2.24, 2.45) is 0 Å². The molecule has 0 amide bonds. The predicted octanol–water partition coefficient (Wildman–Crippen LogP) is 3.62. The molecule has 2 aromatic heterocycles. The van der Waals surface area contributed by atoms with E-state index in [4.69, 9.17) is 4.74 Å². The van der Waals surface area contributed by atoms with Crippen molar-refractivity contribution < 1.29 is 9.53 Å². The predicted molar refractivity (Wildman–Crippen MR) is 83.8 cm³/mol.